The fourth-order valence-electron chi connectivity index (χ4n) is 6.72. The lowest BCUT2D eigenvalue weighted by atomic mass is 9.86. The van der Waals surface area contributed by atoms with Crippen LogP contribution in [0.5, 0.6) is 0 Å². The van der Waals surface area contributed by atoms with Crippen molar-refractivity contribution in [2.45, 2.75) is 9.79 Å². The van der Waals surface area contributed by atoms with E-state index in [-0.39, 0.29) is 0 Å². The summed E-state index contributed by atoms with van der Waals surface area (Å²) >= 11 is 1.82. The molecule has 0 N–H and O–H groups in total. The zero-order valence-corrected chi connectivity index (χ0v) is 27.3. The first kappa shape index (κ1) is 29.1. The Kier molecular flexibility index (Phi) is 7.41. The van der Waals surface area contributed by atoms with Crippen molar-refractivity contribution in [3.63, 3.8) is 0 Å². The topological polar surface area (TPSA) is 38.7 Å². The molecule has 0 spiro atoms. The van der Waals surface area contributed by atoms with Crippen molar-refractivity contribution in [3.05, 3.63) is 176 Å². The van der Waals surface area contributed by atoms with E-state index in [0.29, 0.717) is 5.82 Å². The van der Waals surface area contributed by atoms with Gasteiger partial charge in [-0.2, -0.15) is 0 Å². The monoisotopic (exact) mass is 643 g/mol. The summed E-state index contributed by atoms with van der Waals surface area (Å²) in [7, 11) is 0. The highest BCUT2D eigenvalue weighted by molar-refractivity contribution is 7.99. The number of nitrogens with zero attached hydrogens (tertiary/aromatic N) is 3. The first-order valence-electron chi connectivity index (χ1n) is 16.3. The summed E-state index contributed by atoms with van der Waals surface area (Å²) in [6, 6.07) is 58.1. The quantitative estimate of drug-likeness (QED) is 0.192. The molecule has 1 aliphatic heterocycles. The molecule has 0 fully saturated rings. The van der Waals surface area contributed by atoms with E-state index >= 15 is 0 Å². The third-order valence-corrected chi connectivity index (χ3v) is 10.2. The summed E-state index contributed by atoms with van der Waals surface area (Å²) in [5, 5.41) is 0. The molecule has 1 aliphatic rings. The number of hydrogen-bond acceptors (Lipinski definition) is 4. The van der Waals surface area contributed by atoms with Crippen LogP contribution < -0.4 is 0 Å². The van der Waals surface area contributed by atoms with Crippen molar-refractivity contribution in [1.82, 2.24) is 15.0 Å². The van der Waals surface area contributed by atoms with E-state index in [0.717, 1.165) is 33.6 Å². The molecule has 9 rings (SSSR count). The minimum atomic E-state index is 0.683. The van der Waals surface area contributed by atoms with Gasteiger partial charge in [-0.3, -0.25) is 4.98 Å². The van der Waals surface area contributed by atoms with Gasteiger partial charge >= 0.3 is 0 Å². The summed E-state index contributed by atoms with van der Waals surface area (Å²) in [4.78, 5) is 17.0. The maximum atomic E-state index is 5.16. The van der Waals surface area contributed by atoms with Gasteiger partial charge in [0.05, 0.1) is 11.4 Å². The molecule has 49 heavy (non-hydrogen) atoms. The Morgan fingerprint density at radius 3 is 1.45 bits per heavy atom. The van der Waals surface area contributed by atoms with Crippen LogP contribution in [0.2, 0.25) is 0 Å². The Labute approximate surface area is 290 Å². The second kappa shape index (κ2) is 12.5. The lowest BCUT2D eigenvalue weighted by Crippen LogP contribution is -1.97. The van der Waals surface area contributed by atoms with Gasteiger partial charge in [0.15, 0.2) is 5.82 Å². The van der Waals surface area contributed by atoms with Crippen LogP contribution in [0.15, 0.2) is 186 Å². The molecule has 4 heteroatoms. The first-order valence-corrected chi connectivity index (χ1v) is 17.2. The number of rotatable bonds is 3. The van der Waals surface area contributed by atoms with Gasteiger partial charge in [-0.1, -0.05) is 139 Å². The van der Waals surface area contributed by atoms with Gasteiger partial charge in [-0.25, -0.2) is 9.97 Å². The van der Waals surface area contributed by atoms with E-state index in [4.69, 9.17) is 9.97 Å². The Bertz CT molecular complexity index is 2420. The van der Waals surface area contributed by atoms with Gasteiger partial charge in [0.2, 0.25) is 0 Å². The molecular weight excluding hydrogens is 615 g/mol. The van der Waals surface area contributed by atoms with Gasteiger partial charge in [-0.15, -0.1) is 0 Å². The van der Waals surface area contributed by atoms with Crippen LogP contribution in [0.4, 0.5) is 0 Å². The molecule has 230 valence electrons. The second-order valence-corrected chi connectivity index (χ2v) is 13.1. The molecular formula is C45H29N3S. The molecule has 3 nitrogen and oxygen atoms in total. The van der Waals surface area contributed by atoms with Crippen LogP contribution >= 0.6 is 11.8 Å². The van der Waals surface area contributed by atoms with Crippen molar-refractivity contribution in [2.75, 3.05) is 0 Å². The normalized spacial score (nSPS) is 11.6. The second-order valence-electron chi connectivity index (χ2n) is 12.0. The minimum absolute atomic E-state index is 0.683. The molecule has 0 amide bonds. The lowest BCUT2D eigenvalue weighted by Gasteiger charge is -2.18. The Hall–Kier alpha value is -6.10. The largest absolute Gasteiger partial charge is 0.264 e. The van der Waals surface area contributed by atoms with Crippen molar-refractivity contribution in [3.8, 4) is 78.4 Å². The number of fused-ring (bicyclic) bond motifs is 9. The lowest BCUT2D eigenvalue weighted by molar-refractivity contribution is 1.18. The standard InChI is InChI=1S/C45H29N3S/c1-2-13-30(14-3-1)45-47-41(28-42(48-45)32-15-12-26-46-29-32)31-24-25-37-35-18-5-4-16-33(35)34-17-6-7-19-36(34)38-20-8-10-22-43(38)49-44-23-11-9-21-39(44)40(37)27-31/h1-29H. The first-order chi connectivity index (χ1) is 24.3. The number of benzene rings is 6. The molecule has 0 aliphatic carbocycles. The molecule has 6 aromatic carbocycles. The van der Waals surface area contributed by atoms with Crippen LogP contribution in [-0.2, 0) is 0 Å². The van der Waals surface area contributed by atoms with E-state index in [1.165, 1.54) is 48.7 Å². The molecule has 0 saturated carbocycles. The summed E-state index contributed by atoms with van der Waals surface area (Å²) in [6.45, 7) is 0. The van der Waals surface area contributed by atoms with Gasteiger partial charge in [0.25, 0.3) is 0 Å². The van der Waals surface area contributed by atoms with Crippen molar-refractivity contribution in [1.29, 1.82) is 0 Å². The highest BCUT2D eigenvalue weighted by Crippen LogP contribution is 2.49. The van der Waals surface area contributed by atoms with E-state index in [1.807, 2.05) is 48.3 Å². The minimum Gasteiger partial charge on any atom is -0.264 e. The van der Waals surface area contributed by atoms with Crippen molar-refractivity contribution in [2.24, 2.45) is 0 Å². The molecule has 0 saturated heterocycles. The van der Waals surface area contributed by atoms with Crippen LogP contribution in [-0.4, -0.2) is 15.0 Å². The SMILES string of the molecule is c1ccc(-c2nc(-c3cccnc3)cc(-c3ccc4c(c3)-c3ccccc3Sc3ccccc3-c3ccccc3-c3ccccc3-4)n2)cc1. The zero-order chi connectivity index (χ0) is 32.6. The molecule has 0 radical (unpaired) electrons. The van der Waals surface area contributed by atoms with E-state index in [1.54, 1.807) is 6.20 Å². The van der Waals surface area contributed by atoms with E-state index < -0.39 is 0 Å². The molecule has 2 aromatic heterocycles. The van der Waals surface area contributed by atoms with Gasteiger partial charge in [-0.05, 0) is 80.9 Å². The third kappa shape index (κ3) is 5.42. The van der Waals surface area contributed by atoms with Crippen LogP contribution in [0.25, 0.3) is 78.4 Å². The molecule has 0 unspecified atom stereocenters. The number of pyridine rings is 1. The average Bonchev–Trinajstić information content (AvgIpc) is 3.20. The van der Waals surface area contributed by atoms with E-state index in [2.05, 4.69) is 138 Å². The predicted octanol–water partition coefficient (Wildman–Crippen LogP) is 12.0. The summed E-state index contributed by atoms with van der Waals surface area (Å²) in [5.41, 5.74) is 14.2. The smallest absolute Gasteiger partial charge is 0.160 e. The van der Waals surface area contributed by atoms with Gasteiger partial charge in [0, 0.05) is 38.9 Å². The third-order valence-electron chi connectivity index (χ3n) is 9.04. The number of aromatic nitrogens is 3. The van der Waals surface area contributed by atoms with Gasteiger partial charge in [0.1, 0.15) is 0 Å². The summed E-state index contributed by atoms with van der Waals surface area (Å²) in [6.07, 6.45) is 3.65. The van der Waals surface area contributed by atoms with Crippen LogP contribution in [0.1, 0.15) is 0 Å². The summed E-state index contributed by atoms with van der Waals surface area (Å²) in [5.74, 6) is 0.683. The Balaban J connectivity index is 1.32. The van der Waals surface area contributed by atoms with Crippen molar-refractivity contribution < 1.29 is 0 Å². The van der Waals surface area contributed by atoms with Crippen LogP contribution in [0.3, 0.4) is 0 Å². The molecule has 3 heterocycles. The zero-order valence-electron chi connectivity index (χ0n) is 26.5. The maximum absolute atomic E-state index is 5.16. The fraction of sp³-hybridized carbons (Fsp3) is 0. The Morgan fingerprint density at radius 2 is 0.837 bits per heavy atom. The average molecular weight is 644 g/mol. The molecule has 8 aromatic rings. The highest BCUT2D eigenvalue weighted by Gasteiger charge is 2.21. The molecule has 0 atom stereocenters. The highest BCUT2D eigenvalue weighted by atomic mass is 32.2. The molecule has 0 bridgehead atoms. The maximum Gasteiger partial charge on any atom is 0.160 e. The summed E-state index contributed by atoms with van der Waals surface area (Å²) < 4.78 is 0. The van der Waals surface area contributed by atoms with E-state index in [9.17, 15) is 0 Å². The van der Waals surface area contributed by atoms with Crippen molar-refractivity contribution >= 4 is 11.8 Å². The number of hydrogen-bond donors (Lipinski definition) is 0. The van der Waals surface area contributed by atoms with Crippen LogP contribution in [0, 0.1) is 0 Å². The van der Waals surface area contributed by atoms with Gasteiger partial charge < -0.3 is 0 Å². The predicted molar refractivity (Wildman–Crippen MR) is 202 cm³/mol. The Morgan fingerprint density at radius 1 is 0.347 bits per heavy atom. The fourth-order valence-corrected chi connectivity index (χ4v) is 7.82.